The van der Waals surface area contributed by atoms with Gasteiger partial charge in [-0.25, -0.2) is 9.50 Å². The molecule has 12 heavy (non-hydrogen) atoms. The normalized spacial score (nSPS) is 10.9. The van der Waals surface area contributed by atoms with Gasteiger partial charge in [-0.05, 0) is 38.5 Å². The van der Waals surface area contributed by atoms with Gasteiger partial charge in [0.2, 0.25) is 0 Å². The molecule has 0 atom stereocenters. The van der Waals surface area contributed by atoms with Crippen LogP contribution in [0.1, 0.15) is 0 Å². The van der Waals surface area contributed by atoms with Crippen LogP contribution in [-0.4, -0.2) is 14.6 Å². The molecule has 0 N–H and O–H groups in total. The number of hydrogen-bond acceptors (Lipinski definition) is 2. The summed E-state index contributed by atoms with van der Waals surface area (Å²) in [5.41, 5.74) is 0.839. The van der Waals surface area contributed by atoms with Crippen LogP contribution in [0.25, 0.3) is 5.52 Å². The van der Waals surface area contributed by atoms with Crippen molar-refractivity contribution in [2.45, 2.75) is 0 Å². The van der Waals surface area contributed by atoms with E-state index in [2.05, 4.69) is 48.6 Å². The van der Waals surface area contributed by atoms with Gasteiger partial charge in [-0.2, -0.15) is 5.10 Å². The summed E-state index contributed by atoms with van der Waals surface area (Å²) in [6, 6.07) is 0. The minimum Gasteiger partial charge on any atom is -0.241 e. The molecule has 0 amide bonds. The van der Waals surface area contributed by atoms with E-state index in [-0.39, 0.29) is 0 Å². The third-order valence-corrected chi connectivity index (χ3v) is 4.00. The Labute approximate surface area is 95.4 Å². The zero-order valence-electron chi connectivity index (χ0n) is 5.63. The molecule has 62 valence electrons. The van der Waals surface area contributed by atoms with Crippen molar-refractivity contribution in [2.24, 2.45) is 0 Å². The molecule has 3 nitrogen and oxygen atoms in total. The predicted octanol–water partition coefficient (Wildman–Crippen LogP) is 2.75. The Morgan fingerprint density at radius 3 is 3.00 bits per heavy atom. The molecule has 0 aliphatic carbocycles. The monoisotopic (exact) mass is 357 g/mol. The average molecular weight is 358 g/mol. The van der Waals surface area contributed by atoms with Crippen molar-refractivity contribution in [1.29, 1.82) is 0 Å². The largest absolute Gasteiger partial charge is 0.241 e. The van der Waals surface area contributed by atoms with Crippen molar-refractivity contribution in [3.8, 4) is 0 Å². The average Bonchev–Trinajstić information content (AvgIpc) is 2.29. The van der Waals surface area contributed by atoms with E-state index in [1.165, 1.54) is 0 Å². The first-order chi connectivity index (χ1) is 5.70. The molecule has 2 aromatic heterocycles. The van der Waals surface area contributed by atoms with Crippen LogP contribution in [0.15, 0.2) is 17.0 Å². The van der Waals surface area contributed by atoms with Crippen LogP contribution in [0.3, 0.4) is 0 Å². The minimum absolute atomic E-state index is 0.472. The van der Waals surface area contributed by atoms with Crippen LogP contribution in [0.2, 0.25) is 5.15 Å². The molecule has 2 rings (SSSR count). The molecular formula is C6H2BrClIN3. The third kappa shape index (κ3) is 1.23. The lowest BCUT2D eigenvalue weighted by atomic mass is 10.5. The van der Waals surface area contributed by atoms with Crippen molar-refractivity contribution in [2.75, 3.05) is 0 Å². The number of rotatable bonds is 0. The van der Waals surface area contributed by atoms with E-state index in [0.29, 0.717) is 5.15 Å². The van der Waals surface area contributed by atoms with Crippen molar-refractivity contribution in [3.05, 3.63) is 25.7 Å². The number of nitrogens with zero attached hydrogens (tertiary/aromatic N) is 3. The molecule has 0 spiro atoms. The van der Waals surface area contributed by atoms with Gasteiger partial charge in [-0.15, -0.1) is 0 Å². The Morgan fingerprint density at radius 2 is 2.33 bits per heavy atom. The van der Waals surface area contributed by atoms with Crippen molar-refractivity contribution >= 4 is 55.6 Å². The Balaban J connectivity index is 2.97. The van der Waals surface area contributed by atoms with Crippen molar-refractivity contribution in [3.63, 3.8) is 0 Å². The second-order valence-corrected chi connectivity index (χ2v) is 4.30. The number of hydrogen-bond donors (Lipinski definition) is 0. The first-order valence-electron chi connectivity index (χ1n) is 3.04. The Hall–Kier alpha value is 0.120. The van der Waals surface area contributed by atoms with E-state index in [1.54, 1.807) is 16.9 Å². The van der Waals surface area contributed by atoms with Crippen LogP contribution in [0.5, 0.6) is 0 Å². The second kappa shape index (κ2) is 3.12. The van der Waals surface area contributed by atoms with E-state index in [0.717, 1.165) is 13.7 Å². The van der Waals surface area contributed by atoms with Crippen LogP contribution in [0.4, 0.5) is 0 Å². The van der Waals surface area contributed by atoms with Crippen LogP contribution >= 0.6 is 50.1 Å². The van der Waals surface area contributed by atoms with E-state index in [9.17, 15) is 0 Å². The summed E-state index contributed by atoms with van der Waals surface area (Å²) in [6.07, 6.45) is 3.37. The lowest BCUT2D eigenvalue weighted by Crippen LogP contribution is -1.88. The molecule has 0 aliphatic heterocycles. The topological polar surface area (TPSA) is 30.2 Å². The van der Waals surface area contributed by atoms with E-state index >= 15 is 0 Å². The number of fused-ring (bicyclic) bond motifs is 1. The van der Waals surface area contributed by atoms with Gasteiger partial charge in [0.05, 0.1) is 3.57 Å². The molecule has 0 unspecified atom stereocenters. The first-order valence-corrected chi connectivity index (χ1v) is 5.29. The highest BCUT2D eigenvalue weighted by Gasteiger charge is 2.10. The lowest BCUT2D eigenvalue weighted by Gasteiger charge is -1.92. The third-order valence-electron chi connectivity index (χ3n) is 1.40. The van der Waals surface area contributed by atoms with Gasteiger partial charge < -0.3 is 0 Å². The maximum atomic E-state index is 5.88. The molecular weight excluding hydrogens is 356 g/mol. The van der Waals surface area contributed by atoms with Crippen LogP contribution < -0.4 is 0 Å². The summed E-state index contributed by atoms with van der Waals surface area (Å²) in [4.78, 5) is 3.96. The number of halogens is 3. The van der Waals surface area contributed by atoms with Crippen molar-refractivity contribution < 1.29 is 0 Å². The van der Waals surface area contributed by atoms with Gasteiger partial charge in [0.15, 0.2) is 5.15 Å². The summed E-state index contributed by atoms with van der Waals surface area (Å²) >= 11 is 11.4. The fourth-order valence-corrected chi connectivity index (χ4v) is 2.27. The maximum Gasteiger partial charge on any atom is 0.155 e. The van der Waals surface area contributed by atoms with Crippen LogP contribution in [-0.2, 0) is 0 Å². The van der Waals surface area contributed by atoms with E-state index in [1.807, 2.05) is 0 Å². The van der Waals surface area contributed by atoms with E-state index < -0.39 is 0 Å². The van der Waals surface area contributed by atoms with Crippen LogP contribution in [0, 0.1) is 3.57 Å². The minimum atomic E-state index is 0.472. The summed E-state index contributed by atoms with van der Waals surface area (Å²) in [7, 11) is 0. The lowest BCUT2D eigenvalue weighted by molar-refractivity contribution is 0.933. The molecule has 0 saturated carbocycles. The summed E-state index contributed by atoms with van der Waals surface area (Å²) < 4.78 is 3.46. The predicted molar refractivity (Wildman–Crippen MR) is 58.4 cm³/mol. The number of aromatic nitrogens is 3. The molecule has 2 aromatic rings. The molecule has 0 aromatic carbocycles. The van der Waals surface area contributed by atoms with Gasteiger partial charge >= 0.3 is 0 Å². The molecule has 0 radical (unpaired) electrons. The summed E-state index contributed by atoms with van der Waals surface area (Å²) in [5, 5.41) is 4.65. The molecule has 2 heterocycles. The van der Waals surface area contributed by atoms with Gasteiger partial charge in [0.1, 0.15) is 10.1 Å². The molecule has 0 fully saturated rings. The standard InChI is InChI=1S/C6H2BrClIN3/c7-5-3(9)4-6(8)10-1-2-12(4)11-5/h1-2H. The van der Waals surface area contributed by atoms with Gasteiger partial charge in [-0.3, -0.25) is 0 Å². The fourth-order valence-electron chi connectivity index (χ4n) is 0.903. The second-order valence-electron chi connectivity index (χ2n) is 2.12. The van der Waals surface area contributed by atoms with Crippen molar-refractivity contribution in [1.82, 2.24) is 14.6 Å². The Bertz CT molecular complexity index is 442. The highest BCUT2D eigenvalue weighted by atomic mass is 127. The quantitative estimate of drug-likeness (QED) is 0.678. The summed E-state index contributed by atoms with van der Waals surface area (Å²) in [5.74, 6) is 0. The highest BCUT2D eigenvalue weighted by Crippen LogP contribution is 2.26. The van der Waals surface area contributed by atoms with Gasteiger partial charge in [0.25, 0.3) is 0 Å². The molecule has 0 bridgehead atoms. The molecule has 0 aliphatic rings. The zero-order valence-corrected chi connectivity index (χ0v) is 10.1. The molecule has 6 heteroatoms. The Kier molecular flexibility index (Phi) is 2.26. The fraction of sp³-hybridized carbons (Fsp3) is 0. The summed E-state index contributed by atoms with van der Waals surface area (Å²) in [6.45, 7) is 0. The smallest absolute Gasteiger partial charge is 0.155 e. The zero-order chi connectivity index (χ0) is 8.72. The van der Waals surface area contributed by atoms with Gasteiger partial charge in [-0.1, -0.05) is 11.6 Å². The SMILES string of the molecule is Clc1nccn2nc(Br)c(I)c12. The maximum absolute atomic E-state index is 5.88. The molecule has 0 saturated heterocycles. The first kappa shape index (κ1) is 8.71. The highest BCUT2D eigenvalue weighted by molar-refractivity contribution is 14.1. The Morgan fingerprint density at radius 1 is 1.58 bits per heavy atom. The van der Waals surface area contributed by atoms with E-state index in [4.69, 9.17) is 11.6 Å². The van der Waals surface area contributed by atoms with Gasteiger partial charge in [0, 0.05) is 12.4 Å².